The lowest BCUT2D eigenvalue weighted by atomic mass is 9.88. The largest absolute Gasteiger partial charge is 0.312 e. The van der Waals surface area contributed by atoms with Gasteiger partial charge < -0.3 is 5.32 Å². The summed E-state index contributed by atoms with van der Waals surface area (Å²) in [5.41, 5.74) is 0.182. The highest BCUT2D eigenvalue weighted by atomic mass is 35.5. The molecule has 1 aromatic carbocycles. The summed E-state index contributed by atoms with van der Waals surface area (Å²) in [6, 6.07) is 3.93. The standard InChI is InChI=1S/C14H20ClF2N/c1-14(2,7-4-8-15)10-18-9-11-12(16)5-3-6-13(11)17/h3,5-6,18H,4,7-10H2,1-2H3. The molecule has 0 spiro atoms. The zero-order valence-electron chi connectivity index (χ0n) is 10.9. The number of nitrogens with one attached hydrogen (secondary N) is 1. The zero-order valence-corrected chi connectivity index (χ0v) is 11.7. The van der Waals surface area contributed by atoms with Crippen LogP contribution in [0.5, 0.6) is 0 Å². The Bertz CT molecular complexity index is 360. The number of benzene rings is 1. The van der Waals surface area contributed by atoms with Crippen molar-refractivity contribution in [1.29, 1.82) is 0 Å². The lowest BCUT2D eigenvalue weighted by molar-refractivity contribution is 0.309. The Kier molecular flexibility index (Phi) is 6.03. The normalized spacial score (nSPS) is 11.8. The molecule has 0 atom stereocenters. The van der Waals surface area contributed by atoms with Gasteiger partial charge in [-0.2, -0.15) is 0 Å². The van der Waals surface area contributed by atoms with Crippen molar-refractivity contribution in [3.63, 3.8) is 0 Å². The summed E-state index contributed by atoms with van der Waals surface area (Å²) in [5.74, 6) is -0.354. The quantitative estimate of drug-likeness (QED) is 0.739. The number of hydrogen-bond donors (Lipinski definition) is 1. The van der Waals surface area contributed by atoms with Crippen LogP contribution in [0.3, 0.4) is 0 Å². The Labute approximate surface area is 113 Å². The third-order valence-corrected chi connectivity index (χ3v) is 3.22. The van der Waals surface area contributed by atoms with Crippen LogP contribution in [0.15, 0.2) is 18.2 Å². The molecule has 0 fully saturated rings. The Morgan fingerprint density at radius 2 is 1.83 bits per heavy atom. The first-order valence-corrected chi connectivity index (χ1v) is 6.69. The molecule has 1 N–H and O–H groups in total. The van der Waals surface area contributed by atoms with E-state index in [9.17, 15) is 8.78 Å². The summed E-state index contributed by atoms with van der Waals surface area (Å²) < 4.78 is 26.8. The van der Waals surface area contributed by atoms with Crippen LogP contribution in [0.1, 0.15) is 32.3 Å². The van der Waals surface area contributed by atoms with Gasteiger partial charge in [0.2, 0.25) is 0 Å². The lowest BCUT2D eigenvalue weighted by Gasteiger charge is -2.24. The molecule has 102 valence electrons. The van der Waals surface area contributed by atoms with Crippen LogP contribution >= 0.6 is 11.6 Å². The van der Waals surface area contributed by atoms with Gasteiger partial charge >= 0.3 is 0 Å². The molecule has 0 radical (unpaired) electrons. The smallest absolute Gasteiger partial charge is 0.130 e. The summed E-state index contributed by atoms with van der Waals surface area (Å²) in [6.45, 7) is 5.15. The monoisotopic (exact) mass is 275 g/mol. The fraction of sp³-hybridized carbons (Fsp3) is 0.571. The summed E-state index contributed by atoms with van der Waals surface area (Å²) in [4.78, 5) is 0. The Balaban J connectivity index is 2.46. The van der Waals surface area contributed by atoms with Crippen molar-refractivity contribution in [2.45, 2.75) is 33.2 Å². The van der Waals surface area contributed by atoms with Gasteiger partial charge in [-0.15, -0.1) is 11.6 Å². The van der Waals surface area contributed by atoms with Crippen molar-refractivity contribution in [2.75, 3.05) is 12.4 Å². The molecule has 0 saturated heterocycles. The second-order valence-electron chi connectivity index (χ2n) is 5.26. The molecular weight excluding hydrogens is 256 g/mol. The number of alkyl halides is 1. The molecule has 18 heavy (non-hydrogen) atoms. The van der Waals surface area contributed by atoms with Crippen LogP contribution in [0.25, 0.3) is 0 Å². The highest BCUT2D eigenvalue weighted by Gasteiger charge is 2.17. The molecular formula is C14H20ClF2N. The van der Waals surface area contributed by atoms with Gasteiger partial charge in [-0.3, -0.25) is 0 Å². The van der Waals surface area contributed by atoms with Gasteiger partial charge in [0.1, 0.15) is 11.6 Å². The maximum Gasteiger partial charge on any atom is 0.130 e. The molecule has 0 aliphatic heterocycles. The topological polar surface area (TPSA) is 12.0 Å². The zero-order chi connectivity index (χ0) is 13.6. The van der Waals surface area contributed by atoms with Crippen molar-refractivity contribution in [2.24, 2.45) is 5.41 Å². The molecule has 0 aliphatic carbocycles. The molecule has 4 heteroatoms. The number of rotatable bonds is 7. The molecule has 0 saturated carbocycles. The van der Waals surface area contributed by atoms with Crippen LogP contribution in [0, 0.1) is 17.0 Å². The maximum atomic E-state index is 13.4. The van der Waals surface area contributed by atoms with Gasteiger partial charge in [-0.25, -0.2) is 8.78 Å². The summed E-state index contributed by atoms with van der Waals surface area (Å²) >= 11 is 5.66. The molecule has 1 nitrogen and oxygen atoms in total. The van der Waals surface area contributed by atoms with Crippen LogP contribution in [-0.2, 0) is 6.54 Å². The van der Waals surface area contributed by atoms with Crippen LogP contribution in [-0.4, -0.2) is 12.4 Å². The van der Waals surface area contributed by atoms with Gasteiger partial charge in [-0.1, -0.05) is 19.9 Å². The number of hydrogen-bond acceptors (Lipinski definition) is 1. The van der Waals surface area contributed by atoms with E-state index in [4.69, 9.17) is 11.6 Å². The van der Waals surface area contributed by atoms with Crippen LogP contribution in [0.2, 0.25) is 0 Å². The van der Waals surface area contributed by atoms with E-state index in [1.807, 2.05) is 0 Å². The van der Waals surface area contributed by atoms with Gasteiger partial charge in [0.15, 0.2) is 0 Å². The van der Waals surface area contributed by atoms with E-state index in [-0.39, 0.29) is 17.5 Å². The molecule has 0 heterocycles. The Morgan fingerprint density at radius 3 is 2.39 bits per heavy atom. The highest BCUT2D eigenvalue weighted by Crippen LogP contribution is 2.21. The first-order valence-electron chi connectivity index (χ1n) is 6.16. The van der Waals surface area contributed by atoms with E-state index >= 15 is 0 Å². The molecule has 0 bridgehead atoms. The van der Waals surface area contributed by atoms with E-state index in [1.54, 1.807) is 0 Å². The van der Waals surface area contributed by atoms with E-state index in [0.717, 1.165) is 12.8 Å². The average molecular weight is 276 g/mol. The Morgan fingerprint density at radius 1 is 1.22 bits per heavy atom. The van der Waals surface area contributed by atoms with Gasteiger partial charge in [-0.05, 0) is 30.4 Å². The minimum Gasteiger partial charge on any atom is -0.312 e. The average Bonchev–Trinajstić information content (AvgIpc) is 2.30. The summed E-state index contributed by atoms with van der Waals surface area (Å²) in [6.07, 6.45) is 1.94. The maximum absolute atomic E-state index is 13.4. The van der Waals surface area contributed by atoms with Gasteiger partial charge in [0.05, 0.1) is 0 Å². The van der Waals surface area contributed by atoms with Crippen molar-refractivity contribution in [3.05, 3.63) is 35.4 Å². The summed E-state index contributed by atoms with van der Waals surface area (Å²) in [5, 5.41) is 3.11. The second-order valence-corrected chi connectivity index (χ2v) is 5.64. The van der Waals surface area contributed by atoms with E-state index in [1.165, 1.54) is 18.2 Å². The third-order valence-electron chi connectivity index (χ3n) is 2.95. The lowest BCUT2D eigenvalue weighted by Crippen LogP contribution is -2.29. The fourth-order valence-electron chi connectivity index (χ4n) is 1.86. The van der Waals surface area contributed by atoms with E-state index in [2.05, 4.69) is 19.2 Å². The Hall–Kier alpha value is -0.670. The summed E-state index contributed by atoms with van der Waals surface area (Å²) in [7, 11) is 0. The van der Waals surface area contributed by atoms with Crippen LogP contribution in [0.4, 0.5) is 8.78 Å². The molecule has 0 aromatic heterocycles. The first kappa shape index (κ1) is 15.4. The first-order chi connectivity index (χ1) is 8.46. The fourth-order valence-corrected chi connectivity index (χ4v) is 1.99. The minimum atomic E-state index is -0.499. The number of halogens is 3. The minimum absolute atomic E-state index is 0.0800. The van der Waals surface area contributed by atoms with Gasteiger partial charge in [0.25, 0.3) is 0 Å². The van der Waals surface area contributed by atoms with E-state index < -0.39 is 11.6 Å². The second kappa shape index (κ2) is 7.05. The third kappa shape index (κ3) is 4.91. The predicted molar refractivity (Wildman–Crippen MR) is 71.8 cm³/mol. The SMILES string of the molecule is CC(C)(CCCCl)CNCc1c(F)cccc1F. The van der Waals surface area contributed by atoms with Crippen molar-refractivity contribution in [1.82, 2.24) is 5.32 Å². The van der Waals surface area contributed by atoms with Crippen molar-refractivity contribution < 1.29 is 8.78 Å². The predicted octanol–water partition coefficient (Wildman–Crippen LogP) is 4.10. The van der Waals surface area contributed by atoms with Crippen LogP contribution < -0.4 is 5.32 Å². The molecule has 0 amide bonds. The molecule has 0 unspecified atom stereocenters. The molecule has 1 rings (SSSR count). The molecule has 0 aliphatic rings. The van der Waals surface area contributed by atoms with Gasteiger partial charge in [0, 0.05) is 24.5 Å². The highest BCUT2D eigenvalue weighted by molar-refractivity contribution is 6.17. The molecule has 1 aromatic rings. The van der Waals surface area contributed by atoms with Crippen molar-refractivity contribution >= 4 is 11.6 Å². The van der Waals surface area contributed by atoms with E-state index in [0.29, 0.717) is 12.4 Å². The van der Waals surface area contributed by atoms with Crippen molar-refractivity contribution in [3.8, 4) is 0 Å².